The lowest BCUT2D eigenvalue weighted by Gasteiger charge is -2.12. The lowest BCUT2D eigenvalue weighted by Crippen LogP contribution is -2.01. The van der Waals surface area contributed by atoms with Gasteiger partial charge in [-0.15, -0.1) is 0 Å². The van der Waals surface area contributed by atoms with Gasteiger partial charge in [-0.05, 0) is 61.4 Å². The second-order valence-electron chi connectivity index (χ2n) is 6.01. The van der Waals surface area contributed by atoms with Gasteiger partial charge in [0.25, 0.3) is 0 Å². The molecule has 0 aliphatic carbocycles. The van der Waals surface area contributed by atoms with Crippen LogP contribution in [0.15, 0.2) is 48.5 Å². The van der Waals surface area contributed by atoms with Gasteiger partial charge in [-0.1, -0.05) is 25.5 Å². The number of ether oxygens (including phenoxy) is 3. The Morgan fingerprint density at radius 2 is 1.82 bits per heavy atom. The number of hydrogen-bond donors (Lipinski definition) is 0. The van der Waals surface area contributed by atoms with Crippen molar-refractivity contribution in [1.29, 1.82) is 5.26 Å². The predicted molar refractivity (Wildman–Crippen MR) is 109 cm³/mol. The predicted octanol–water partition coefficient (Wildman–Crippen LogP) is 5.06. The molecule has 2 aromatic carbocycles. The van der Waals surface area contributed by atoms with Gasteiger partial charge in [0.2, 0.25) is 0 Å². The molecule has 28 heavy (non-hydrogen) atoms. The van der Waals surface area contributed by atoms with Crippen LogP contribution in [0.1, 0.15) is 42.6 Å². The Balaban J connectivity index is 2.06. The minimum absolute atomic E-state index is 0.0203. The number of benzene rings is 2. The van der Waals surface area contributed by atoms with Gasteiger partial charge in [0.05, 0.1) is 13.2 Å². The molecule has 0 unspecified atom stereocenters. The zero-order valence-corrected chi connectivity index (χ0v) is 16.3. The van der Waals surface area contributed by atoms with Crippen molar-refractivity contribution >= 4 is 11.9 Å². The summed E-state index contributed by atoms with van der Waals surface area (Å²) in [7, 11) is 0. The smallest absolute Gasteiger partial charge is 0.185 e. The fraction of sp³-hybridized carbons (Fsp3) is 0.304. The number of unbranched alkanes of at least 4 members (excludes halogenated alkanes) is 1. The molecule has 0 aliphatic heterocycles. The van der Waals surface area contributed by atoms with Crippen LogP contribution in [0.3, 0.4) is 0 Å². The number of hydrogen-bond acceptors (Lipinski definition) is 5. The van der Waals surface area contributed by atoms with Crippen molar-refractivity contribution in [3.63, 3.8) is 0 Å². The average molecular weight is 379 g/mol. The van der Waals surface area contributed by atoms with Crippen LogP contribution in [0.2, 0.25) is 0 Å². The molecule has 0 heterocycles. The molecule has 0 N–H and O–H groups in total. The Hall–Kier alpha value is -3.26. The van der Waals surface area contributed by atoms with Gasteiger partial charge in [0.1, 0.15) is 11.8 Å². The maximum atomic E-state index is 12.4. The van der Waals surface area contributed by atoms with E-state index in [9.17, 15) is 4.79 Å². The van der Waals surface area contributed by atoms with E-state index in [0.717, 1.165) is 18.4 Å². The summed E-state index contributed by atoms with van der Waals surface area (Å²) in [5.74, 6) is 1.83. The van der Waals surface area contributed by atoms with Crippen molar-refractivity contribution in [3.8, 4) is 23.3 Å². The highest BCUT2D eigenvalue weighted by molar-refractivity contribution is 6.06. The molecular weight excluding hydrogens is 354 g/mol. The highest BCUT2D eigenvalue weighted by Crippen LogP contribution is 2.29. The van der Waals surface area contributed by atoms with Crippen molar-refractivity contribution in [2.45, 2.75) is 26.7 Å². The third-order valence-corrected chi connectivity index (χ3v) is 3.89. The second-order valence-corrected chi connectivity index (χ2v) is 6.01. The number of rotatable bonds is 11. The Kier molecular flexibility index (Phi) is 8.61. The van der Waals surface area contributed by atoms with Gasteiger partial charge in [-0.3, -0.25) is 4.79 Å². The molecule has 2 rings (SSSR count). The molecule has 0 spiro atoms. The zero-order chi connectivity index (χ0) is 20.2. The Labute approximate surface area is 166 Å². The van der Waals surface area contributed by atoms with Crippen LogP contribution in [0.25, 0.3) is 6.08 Å². The molecule has 146 valence electrons. The lowest BCUT2D eigenvalue weighted by molar-refractivity contribution is 0.104. The molecule has 5 nitrogen and oxygen atoms in total. The quantitative estimate of drug-likeness (QED) is 0.310. The van der Waals surface area contributed by atoms with Crippen LogP contribution in [-0.4, -0.2) is 25.6 Å². The van der Waals surface area contributed by atoms with Gasteiger partial charge >= 0.3 is 0 Å². The normalized spacial score (nSPS) is 10.5. The van der Waals surface area contributed by atoms with Crippen molar-refractivity contribution in [3.05, 3.63) is 59.7 Å². The van der Waals surface area contributed by atoms with E-state index in [4.69, 9.17) is 19.5 Å². The molecule has 0 aromatic heterocycles. The van der Waals surface area contributed by atoms with Crippen LogP contribution < -0.4 is 14.2 Å². The number of carbonyl (C=O) groups excluding carboxylic acids is 1. The molecule has 5 heteroatoms. The molecule has 0 saturated heterocycles. The third-order valence-electron chi connectivity index (χ3n) is 3.89. The number of carbonyl (C=O) groups is 1. The SMILES string of the molecule is CCCCOc1ccc(/C=C/C(=O)c2ccc(OCC#N)cc2)cc1OCC. The first kappa shape index (κ1) is 21.0. The maximum Gasteiger partial charge on any atom is 0.185 e. The van der Waals surface area contributed by atoms with Gasteiger partial charge in [0.15, 0.2) is 23.9 Å². The lowest BCUT2D eigenvalue weighted by atomic mass is 10.1. The van der Waals surface area contributed by atoms with Crippen molar-refractivity contribution in [1.82, 2.24) is 0 Å². The molecule has 0 bridgehead atoms. The average Bonchev–Trinajstić information content (AvgIpc) is 2.72. The summed E-state index contributed by atoms with van der Waals surface area (Å²) >= 11 is 0. The summed E-state index contributed by atoms with van der Waals surface area (Å²) in [4.78, 5) is 12.4. The monoisotopic (exact) mass is 379 g/mol. The molecule has 0 saturated carbocycles. The first-order chi connectivity index (χ1) is 13.7. The largest absolute Gasteiger partial charge is 0.490 e. The van der Waals surface area contributed by atoms with Crippen LogP contribution >= 0.6 is 0 Å². The molecule has 0 atom stereocenters. The number of nitrogens with zero attached hydrogens (tertiary/aromatic N) is 1. The van der Waals surface area contributed by atoms with E-state index in [2.05, 4.69) is 6.92 Å². The van der Waals surface area contributed by atoms with E-state index in [1.165, 1.54) is 6.08 Å². The van der Waals surface area contributed by atoms with E-state index >= 15 is 0 Å². The first-order valence-electron chi connectivity index (χ1n) is 9.39. The van der Waals surface area contributed by atoms with Gasteiger partial charge in [0, 0.05) is 5.56 Å². The maximum absolute atomic E-state index is 12.4. The van der Waals surface area contributed by atoms with Gasteiger partial charge in [-0.25, -0.2) is 0 Å². The Morgan fingerprint density at radius 3 is 2.50 bits per heavy atom. The molecule has 0 fully saturated rings. The summed E-state index contributed by atoms with van der Waals surface area (Å²) in [5.41, 5.74) is 1.40. The van der Waals surface area contributed by atoms with Crippen LogP contribution in [0.5, 0.6) is 17.2 Å². The summed E-state index contributed by atoms with van der Waals surface area (Å²) < 4.78 is 16.6. The third kappa shape index (κ3) is 6.48. The fourth-order valence-corrected chi connectivity index (χ4v) is 2.44. The summed E-state index contributed by atoms with van der Waals surface area (Å²) in [6.45, 7) is 5.21. The first-order valence-corrected chi connectivity index (χ1v) is 9.39. The summed E-state index contributed by atoms with van der Waals surface area (Å²) in [5, 5.41) is 8.52. The Morgan fingerprint density at radius 1 is 1.04 bits per heavy atom. The van der Waals surface area contributed by atoms with Crippen molar-refractivity contribution < 1.29 is 19.0 Å². The molecule has 2 aromatic rings. The van der Waals surface area contributed by atoms with E-state index in [-0.39, 0.29) is 12.4 Å². The summed E-state index contributed by atoms with van der Waals surface area (Å²) in [6, 6.07) is 14.2. The van der Waals surface area contributed by atoms with Gasteiger partial charge in [-0.2, -0.15) is 5.26 Å². The molecule has 0 aliphatic rings. The van der Waals surface area contributed by atoms with E-state index in [1.54, 1.807) is 30.3 Å². The fourth-order valence-electron chi connectivity index (χ4n) is 2.44. The molecule has 0 amide bonds. The van der Waals surface area contributed by atoms with E-state index in [0.29, 0.717) is 36.0 Å². The van der Waals surface area contributed by atoms with Crippen molar-refractivity contribution in [2.75, 3.05) is 19.8 Å². The van der Waals surface area contributed by atoms with Gasteiger partial charge < -0.3 is 14.2 Å². The Bertz CT molecular complexity index is 835. The number of ketones is 1. The molecule has 0 radical (unpaired) electrons. The van der Waals surface area contributed by atoms with Crippen LogP contribution in [0.4, 0.5) is 0 Å². The standard InChI is InChI=1S/C23H25NO4/c1-3-5-15-28-22-13-7-18(17-23(22)26-4-2)6-12-21(25)19-8-10-20(11-9-19)27-16-14-24/h6-13,17H,3-5,15-16H2,1-2H3/b12-6+. The second kappa shape index (κ2) is 11.5. The highest BCUT2D eigenvalue weighted by Gasteiger charge is 2.07. The van der Waals surface area contributed by atoms with E-state index < -0.39 is 0 Å². The van der Waals surface area contributed by atoms with Crippen molar-refractivity contribution in [2.24, 2.45) is 0 Å². The zero-order valence-electron chi connectivity index (χ0n) is 16.3. The summed E-state index contributed by atoms with van der Waals surface area (Å²) in [6.07, 6.45) is 5.33. The van der Waals surface area contributed by atoms with Crippen LogP contribution in [-0.2, 0) is 0 Å². The highest BCUT2D eigenvalue weighted by atomic mass is 16.5. The topological polar surface area (TPSA) is 68.5 Å². The minimum Gasteiger partial charge on any atom is -0.490 e. The number of allylic oxidation sites excluding steroid dienone is 1. The molecular formula is C23H25NO4. The van der Waals surface area contributed by atoms with E-state index in [1.807, 2.05) is 31.2 Å². The number of nitriles is 1. The minimum atomic E-state index is -0.118. The van der Waals surface area contributed by atoms with Crippen LogP contribution in [0, 0.1) is 11.3 Å².